The fourth-order valence-electron chi connectivity index (χ4n) is 3.56. The standard InChI is InChI=1S/C25H19N3O3S2/c29-14-16-5-1-2-6-18(16)25-27-13-17(32-25)12-26-23(30)15-9-10-22-20(11-15)28-24(31)19-7-3-4-8-21(19)33-22/h1-11,13,29H,12,14H2,(H,26,30)(H,28,31). The van der Waals surface area contributed by atoms with Crippen LogP contribution in [0.15, 0.2) is 82.7 Å². The minimum Gasteiger partial charge on any atom is -0.392 e. The smallest absolute Gasteiger partial charge is 0.256 e. The molecule has 0 unspecified atom stereocenters. The molecule has 6 nitrogen and oxygen atoms in total. The van der Waals surface area contributed by atoms with E-state index in [-0.39, 0.29) is 18.4 Å². The summed E-state index contributed by atoms with van der Waals surface area (Å²) in [5.74, 6) is -0.417. The van der Waals surface area contributed by atoms with Gasteiger partial charge in [0.1, 0.15) is 5.01 Å². The summed E-state index contributed by atoms with van der Waals surface area (Å²) in [6.45, 7) is 0.279. The molecule has 0 fully saturated rings. The van der Waals surface area contributed by atoms with Crippen molar-refractivity contribution < 1.29 is 14.7 Å². The van der Waals surface area contributed by atoms with Gasteiger partial charge in [0.15, 0.2) is 0 Å². The van der Waals surface area contributed by atoms with Gasteiger partial charge in [0.05, 0.1) is 24.4 Å². The second kappa shape index (κ2) is 9.19. The van der Waals surface area contributed by atoms with Crippen molar-refractivity contribution in [2.45, 2.75) is 22.9 Å². The van der Waals surface area contributed by atoms with Crippen LogP contribution in [0.1, 0.15) is 31.2 Å². The Balaban J connectivity index is 1.29. The number of amides is 2. The first-order valence-electron chi connectivity index (χ1n) is 10.3. The summed E-state index contributed by atoms with van der Waals surface area (Å²) in [7, 11) is 0. The lowest BCUT2D eigenvalue weighted by molar-refractivity contribution is 0.0949. The van der Waals surface area contributed by atoms with Crippen molar-refractivity contribution in [3.63, 3.8) is 0 Å². The molecule has 0 radical (unpaired) electrons. The molecule has 1 aliphatic rings. The highest BCUT2D eigenvalue weighted by molar-refractivity contribution is 7.99. The number of aromatic nitrogens is 1. The Morgan fingerprint density at radius 1 is 1.00 bits per heavy atom. The molecule has 33 heavy (non-hydrogen) atoms. The van der Waals surface area contributed by atoms with Crippen molar-refractivity contribution in [3.05, 3.63) is 94.5 Å². The summed E-state index contributed by atoms with van der Waals surface area (Å²) >= 11 is 2.98. The number of fused-ring (bicyclic) bond motifs is 2. The van der Waals surface area contributed by atoms with Gasteiger partial charge in [-0.3, -0.25) is 9.59 Å². The molecule has 0 aliphatic carbocycles. The molecule has 0 saturated carbocycles. The number of anilines is 1. The maximum absolute atomic E-state index is 12.8. The summed E-state index contributed by atoms with van der Waals surface area (Å²) < 4.78 is 0. The lowest BCUT2D eigenvalue weighted by Gasteiger charge is -2.09. The van der Waals surface area contributed by atoms with Gasteiger partial charge in [0, 0.05) is 32.0 Å². The van der Waals surface area contributed by atoms with Crippen molar-refractivity contribution in [2.24, 2.45) is 0 Å². The summed E-state index contributed by atoms with van der Waals surface area (Å²) in [5.41, 5.74) is 3.41. The topological polar surface area (TPSA) is 91.3 Å². The summed E-state index contributed by atoms with van der Waals surface area (Å²) in [5, 5.41) is 16.2. The van der Waals surface area contributed by atoms with E-state index in [1.807, 2.05) is 48.5 Å². The molecule has 2 heterocycles. The predicted molar refractivity (Wildman–Crippen MR) is 130 cm³/mol. The van der Waals surface area contributed by atoms with Crippen LogP contribution in [0.2, 0.25) is 0 Å². The SMILES string of the molecule is O=C(NCc1cnc(-c2ccccc2CO)s1)c1ccc2c(c1)NC(=O)c1ccccc1S2. The molecule has 0 bridgehead atoms. The largest absolute Gasteiger partial charge is 0.392 e. The fourth-order valence-corrected chi connectivity index (χ4v) is 5.48. The number of thiazole rings is 1. The fraction of sp³-hybridized carbons (Fsp3) is 0.0800. The van der Waals surface area contributed by atoms with Crippen molar-refractivity contribution in [1.29, 1.82) is 0 Å². The maximum Gasteiger partial charge on any atom is 0.256 e. The first-order valence-corrected chi connectivity index (χ1v) is 11.9. The van der Waals surface area contributed by atoms with Crippen molar-refractivity contribution in [2.75, 3.05) is 5.32 Å². The van der Waals surface area contributed by atoms with Gasteiger partial charge in [0.25, 0.3) is 11.8 Å². The molecule has 1 aliphatic heterocycles. The quantitative estimate of drug-likeness (QED) is 0.382. The van der Waals surface area contributed by atoms with E-state index in [0.29, 0.717) is 23.4 Å². The van der Waals surface area contributed by atoms with E-state index in [9.17, 15) is 14.7 Å². The molecule has 0 spiro atoms. The molecule has 0 atom stereocenters. The minimum absolute atomic E-state index is 0.0555. The molecule has 1 aromatic heterocycles. The van der Waals surface area contributed by atoms with Crippen LogP contribution in [-0.4, -0.2) is 21.9 Å². The van der Waals surface area contributed by atoms with Gasteiger partial charge >= 0.3 is 0 Å². The molecule has 3 N–H and O–H groups in total. The Bertz CT molecular complexity index is 1370. The van der Waals surface area contributed by atoms with Crippen LogP contribution in [0.25, 0.3) is 10.6 Å². The normalized spacial score (nSPS) is 12.3. The van der Waals surface area contributed by atoms with Gasteiger partial charge < -0.3 is 15.7 Å². The zero-order valence-electron chi connectivity index (χ0n) is 17.4. The Kier molecular flexibility index (Phi) is 5.95. The lowest BCUT2D eigenvalue weighted by atomic mass is 10.1. The Labute approximate surface area is 198 Å². The van der Waals surface area contributed by atoms with Crippen LogP contribution in [0.3, 0.4) is 0 Å². The minimum atomic E-state index is -0.232. The molecule has 2 amide bonds. The Morgan fingerprint density at radius 3 is 2.64 bits per heavy atom. The van der Waals surface area contributed by atoms with E-state index in [2.05, 4.69) is 15.6 Å². The molecule has 5 rings (SSSR count). The van der Waals surface area contributed by atoms with Crippen molar-refractivity contribution in [3.8, 4) is 10.6 Å². The molecule has 8 heteroatoms. The zero-order chi connectivity index (χ0) is 22.8. The summed E-state index contributed by atoms with van der Waals surface area (Å²) in [6, 6.07) is 20.3. The number of hydrogen-bond acceptors (Lipinski definition) is 6. The van der Waals surface area contributed by atoms with Crippen molar-refractivity contribution >= 4 is 40.6 Å². The number of benzene rings is 3. The van der Waals surface area contributed by atoms with Crippen LogP contribution in [0, 0.1) is 0 Å². The molecular formula is C25H19N3O3S2. The van der Waals surface area contributed by atoms with E-state index in [0.717, 1.165) is 30.8 Å². The third-order valence-electron chi connectivity index (χ3n) is 5.24. The lowest BCUT2D eigenvalue weighted by Crippen LogP contribution is -2.22. The average Bonchev–Trinajstić information content (AvgIpc) is 3.27. The van der Waals surface area contributed by atoms with Crippen LogP contribution < -0.4 is 10.6 Å². The number of nitrogens with one attached hydrogen (secondary N) is 2. The van der Waals surface area contributed by atoms with Gasteiger partial charge in [0.2, 0.25) is 0 Å². The second-order valence-corrected chi connectivity index (χ2v) is 9.59. The highest BCUT2D eigenvalue weighted by Gasteiger charge is 2.20. The van der Waals surface area contributed by atoms with Gasteiger partial charge in [-0.1, -0.05) is 48.2 Å². The monoisotopic (exact) mass is 473 g/mol. The maximum atomic E-state index is 12.8. The first-order chi connectivity index (χ1) is 16.1. The number of carbonyl (C=O) groups excluding carboxylic acids is 2. The highest BCUT2D eigenvalue weighted by atomic mass is 32.2. The summed E-state index contributed by atoms with van der Waals surface area (Å²) in [6.07, 6.45) is 1.74. The van der Waals surface area contributed by atoms with Crippen LogP contribution in [0.5, 0.6) is 0 Å². The van der Waals surface area contributed by atoms with Gasteiger partial charge in [-0.25, -0.2) is 4.98 Å². The van der Waals surface area contributed by atoms with Gasteiger partial charge in [-0.15, -0.1) is 11.3 Å². The highest BCUT2D eigenvalue weighted by Crippen LogP contribution is 2.39. The van der Waals surface area contributed by atoms with Crippen LogP contribution in [0.4, 0.5) is 5.69 Å². The van der Waals surface area contributed by atoms with Gasteiger partial charge in [-0.05, 0) is 35.9 Å². The number of hydrogen-bond donors (Lipinski definition) is 3. The van der Waals surface area contributed by atoms with E-state index < -0.39 is 0 Å². The third-order valence-corrected chi connectivity index (χ3v) is 7.42. The second-order valence-electron chi connectivity index (χ2n) is 7.39. The van der Waals surface area contributed by atoms with Crippen LogP contribution in [-0.2, 0) is 13.2 Å². The summed E-state index contributed by atoms with van der Waals surface area (Å²) in [4.78, 5) is 32.5. The Hall–Kier alpha value is -3.46. The number of nitrogens with zero attached hydrogens (tertiary/aromatic N) is 1. The number of aliphatic hydroxyl groups is 1. The van der Waals surface area contributed by atoms with E-state index in [1.54, 1.807) is 24.4 Å². The van der Waals surface area contributed by atoms with E-state index >= 15 is 0 Å². The average molecular weight is 474 g/mol. The van der Waals surface area contributed by atoms with E-state index in [1.165, 1.54) is 23.1 Å². The molecule has 3 aromatic carbocycles. The first kappa shape index (κ1) is 21.4. The zero-order valence-corrected chi connectivity index (χ0v) is 19.0. The Morgan fingerprint density at radius 2 is 1.79 bits per heavy atom. The number of carbonyl (C=O) groups is 2. The predicted octanol–water partition coefficient (Wildman–Crippen LogP) is 4.95. The van der Waals surface area contributed by atoms with Crippen LogP contribution >= 0.6 is 23.1 Å². The van der Waals surface area contributed by atoms with Crippen molar-refractivity contribution in [1.82, 2.24) is 10.3 Å². The number of aliphatic hydroxyl groups excluding tert-OH is 1. The molecule has 164 valence electrons. The third kappa shape index (κ3) is 4.41. The number of rotatable bonds is 5. The van der Waals surface area contributed by atoms with Gasteiger partial charge in [-0.2, -0.15) is 0 Å². The van der Waals surface area contributed by atoms with E-state index in [4.69, 9.17) is 0 Å². The molecule has 4 aromatic rings. The molecular weight excluding hydrogens is 454 g/mol. The molecule has 0 saturated heterocycles.